The van der Waals surface area contributed by atoms with Gasteiger partial charge >= 0.3 is 5.97 Å². The summed E-state index contributed by atoms with van der Waals surface area (Å²) in [5.41, 5.74) is 0. The number of amides is 1. The van der Waals surface area contributed by atoms with Gasteiger partial charge < -0.3 is 90.3 Å². The summed E-state index contributed by atoms with van der Waals surface area (Å²) in [6, 6.07) is -1.54. The lowest BCUT2D eigenvalue weighted by Crippen LogP contribution is -2.70. The maximum absolute atomic E-state index is 12.5. The van der Waals surface area contributed by atoms with E-state index in [-0.39, 0.29) is 0 Å². The Labute approximate surface area is 243 Å². The highest BCUT2D eigenvalue weighted by Crippen LogP contribution is 2.38. The number of carboxylic acids is 1. The molecule has 3 rings (SSSR count). The molecule has 0 bridgehead atoms. The van der Waals surface area contributed by atoms with Crippen LogP contribution in [0.15, 0.2) is 0 Å². The molecule has 43 heavy (non-hydrogen) atoms. The number of carboxylic acid groups (broad SMARTS) is 1. The summed E-state index contributed by atoms with van der Waals surface area (Å²) in [6.07, 6.45) is -27.8. The highest BCUT2D eigenvalue weighted by atomic mass is 16.8. The van der Waals surface area contributed by atoms with Crippen molar-refractivity contribution in [1.29, 1.82) is 0 Å². The lowest BCUT2D eigenvalue weighted by molar-refractivity contribution is -0.385. The quantitative estimate of drug-likeness (QED) is 0.100. The summed E-state index contributed by atoms with van der Waals surface area (Å²) < 4.78 is 26.8. The molecule has 20 nitrogen and oxygen atoms in total. The normalized spacial score (nSPS) is 45.3. The molecule has 0 aromatic rings. The van der Waals surface area contributed by atoms with Gasteiger partial charge in [-0.1, -0.05) is 0 Å². The summed E-state index contributed by atoms with van der Waals surface area (Å²) in [6.45, 7) is -1.85. The molecule has 0 saturated carbocycles. The Morgan fingerprint density at radius 2 is 1.53 bits per heavy atom. The first kappa shape index (κ1) is 35.8. The van der Waals surface area contributed by atoms with E-state index in [2.05, 4.69) is 5.32 Å². The SMILES string of the molecule is CC(=O)N[C@H]1[C@H]([C@@H](O)[C@@H](O)CO)O[C@](O[C@H]2[C@@H](O)[C@@H](CO)O[C@@H](O[C@H]3[C@H](O)[C@@H](O)[C@@H](O)O[C@@H]3CO)[C@@H]2O)(C(=O)O)C[C@@H]1O. The van der Waals surface area contributed by atoms with Gasteiger partial charge in [0.05, 0.1) is 32.0 Å². The van der Waals surface area contributed by atoms with Crippen molar-refractivity contribution < 1.29 is 94.6 Å². The number of nitrogens with one attached hydrogen (secondary N) is 1. The smallest absolute Gasteiger partial charge is 0.364 e. The predicted molar refractivity (Wildman–Crippen MR) is 130 cm³/mol. The number of ether oxygens (including phenoxy) is 5. The van der Waals surface area contributed by atoms with Crippen molar-refractivity contribution in [3.8, 4) is 0 Å². The van der Waals surface area contributed by atoms with E-state index < -0.39 is 136 Å². The van der Waals surface area contributed by atoms with Crippen LogP contribution in [0, 0.1) is 0 Å². The van der Waals surface area contributed by atoms with Crippen molar-refractivity contribution >= 4 is 11.9 Å². The Kier molecular flexibility index (Phi) is 12.1. The van der Waals surface area contributed by atoms with E-state index in [4.69, 9.17) is 23.7 Å². The minimum absolute atomic E-state index is 0.749. The zero-order valence-corrected chi connectivity index (χ0v) is 22.7. The molecule has 0 spiro atoms. The third-order valence-corrected chi connectivity index (χ3v) is 7.47. The number of rotatable bonds is 11. The van der Waals surface area contributed by atoms with Crippen LogP contribution in [0.4, 0.5) is 0 Å². The first-order valence-electron chi connectivity index (χ1n) is 13.2. The third-order valence-electron chi connectivity index (χ3n) is 7.47. The number of hydrogen-bond donors (Lipinski definition) is 13. The largest absolute Gasteiger partial charge is 0.477 e. The Morgan fingerprint density at radius 1 is 0.907 bits per heavy atom. The standard InChI is InChI=1S/C23H39NO19/c1-6(28)24-11-7(29)2-23(22(37)38,42-18(11)12(31)8(30)3-25)43-19-13(32)9(4-26)40-21(16(19)35)41-17-10(5-27)39-20(36)15(34)14(17)33/h7-21,25-27,29-36H,2-5H2,1H3,(H,24,28)(H,37,38)/t7-,8-,9+,10+,11+,12-,13-,14+,15+,16+,17+,18+,19-,20-,21-,23+/m0/s1. The summed E-state index contributed by atoms with van der Waals surface area (Å²) in [4.78, 5) is 24.3. The molecule has 3 saturated heterocycles. The van der Waals surface area contributed by atoms with Crippen molar-refractivity contribution in [3.63, 3.8) is 0 Å². The molecule has 20 heteroatoms. The minimum Gasteiger partial charge on any atom is -0.477 e. The average molecular weight is 634 g/mol. The van der Waals surface area contributed by atoms with E-state index in [0.717, 1.165) is 6.92 Å². The number of aliphatic hydroxyl groups excluding tert-OH is 11. The van der Waals surface area contributed by atoms with E-state index in [1.54, 1.807) is 0 Å². The molecule has 16 atom stereocenters. The number of aliphatic hydroxyl groups is 11. The van der Waals surface area contributed by atoms with Crippen molar-refractivity contribution in [2.75, 3.05) is 19.8 Å². The molecular weight excluding hydrogens is 594 g/mol. The van der Waals surface area contributed by atoms with E-state index in [0.29, 0.717) is 0 Å². The van der Waals surface area contributed by atoms with Gasteiger partial charge in [-0.15, -0.1) is 0 Å². The van der Waals surface area contributed by atoms with E-state index >= 15 is 0 Å². The van der Waals surface area contributed by atoms with Crippen LogP contribution in [0.2, 0.25) is 0 Å². The van der Waals surface area contributed by atoms with E-state index in [1.165, 1.54) is 0 Å². The fraction of sp³-hybridized carbons (Fsp3) is 0.913. The number of carbonyl (C=O) groups is 2. The lowest BCUT2D eigenvalue weighted by Gasteiger charge is -2.50. The topological polar surface area (TPSA) is 335 Å². The van der Waals surface area contributed by atoms with Crippen LogP contribution < -0.4 is 5.32 Å². The van der Waals surface area contributed by atoms with Crippen molar-refractivity contribution in [1.82, 2.24) is 5.32 Å². The molecule has 3 fully saturated rings. The molecule has 0 unspecified atom stereocenters. The van der Waals surface area contributed by atoms with Crippen molar-refractivity contribution in [2.24, 2.45) is 0 Å². The minimum atomic E-state index is -3.02. The number of aliphatic carboxylic acids is 1. The molecule has 0 aliphatic carbocycles. The molecule has 3 aliphatic rings. The van der Waals surface area contributed by atoms with Gasteiger partial charge in [0.15, 0.2) is 12.6 Å². The Hall–Kier alpha value is -1.70. The first-order valence-corrected chi connectivity index (χ1v) is 13.2. The van der Waals surface area contributed by atoms with Crippen molar-refractivity contribution in [2.45, 2.75) is 111 Å². The highest BCUT2D eigenvalue weighted by Gasteiger charge is 2.60. The zero-order valence-electron chi connectivity index (χ0n) is 22.7. The van der Waals surface area contributed by atoms with Gasteiger partial charge in [0.2, 0.25) is 5.91 Å². The highest BCUT2D eigenvalue weighted by molar-refractivity contribution is 5.76. The second-order valence-corrected chi connectivity index (χ2v) is 10.5. The molecule has 13 N–H and O–H groups in total. The van der Waals surface area contributed by atoms with Crippen LogP contribution >= 0.6 is 0 Å². The lowest BCUT2D eigenvalue weighted by atomic mass is 9.88. The van der Waals surface area contributed by atoms with E-state index in [9.17, 15) is 70.9 Å². The number of carbonyl (C=O) groups excluding carboxylic acids is 1. The first-order chi connectivity index (χ1) is 20.1. The fourth-order valence-corrected chi connectivity index (χ4v) is 5.16. The zero-order chi connectivity index (χ0) is 32.4. The van der Waals surface area contributed by atoms with Crippen LogP contribution in [0.25, 0.3) is 0 Å². The molecular formula is C23H39NO19. The van der Waals surface area contributed by atoms with Crippen LogP contribution in [0.5, 0.6) is 0 Å². The van der Waals surface area contributed by atoms with Crippen LogP contribution in [-0.4, -0.2) is 191 Å². The summed E-state index contributed by atoms with van der Waals surface area (Å²) in [5, 5.41) is 124. The Morgan fingerprint density at radius 3 is 2.07 bits per heavy atom. The second-order valence-electron chi connectivity index (χ2n) is 10.5. The Bertz CT molecular complexity index is 942. The van der Waals surface area contributed by atoms with Crippen LogP contribution in [-0.2, 0) is 33.3 Å². The molecule has 0 aromatic carbocycles. The average Bonchev–Trinajstić information content (AvgIpc) is 2.96. The van der Waals surface area contributed by atoms with Crippen molar-refractivity contribution in [3.05, 3.63) is 0 Å². The maximum atomic E-state index is 12.5. The number of hydrogen-bond acceptors (Lipinski definition) is 18. The summed E-state index contributed by atoms with van der Waals surface area (Å²) in [5.74, 6) is -5.74. The monoisotopic (exact) mass is 633 g/mol. The summed E-state index contributed by atoms with van der Waals surface area (Å²) >= 11 is 0. The predicted octanol–water partition coefficient (Wildman–Crippen LogP) is -8.22. The van der Waals surface area contributed by atoms with Gasteiger partial charge in [0, 0.05) is 13.3 Å². The van der Waals surface area contributed by atoms with Gasteiger partial charge in [-0.2, -0.15) is 0 Å². The van der Waals surface area contributed by atoms with E-state index in [1.807, 2.05) is 0 Å². The molecule has 3 aliphatic heterocycles. The molecule has 3 heterocycles. The van der Waals surface area contributed by atoms with Crippen LogP contribution in [0.3, 0.4) is 0 Å². The van der Waals surface area contributed by atoms with Gasteiger partial charge in [-0.05, 0) is 0 Å². The maximum Gasteiger partial charge on any atom is 0.364 e. The fourth-order valence-electron chi connectivity index (χ4n) is 5.16. The van der Waals surface area contributed by atoms with Gasteiger partial charge in [-0.3, -0.25) is 4.79 Å². The molecule has 0 aromatic heterocycles. The third kappa shape index (κ3) is 7.41. The molecule has 0 radical (unpaired) electrons. The Balaban J connectivity index is 1.94. The van der Waals surface area contributed by atoms with Gasteiger partial charge in [0.1, 0.15) is 67.1 Å². The van der Waals surface area contributed by atoms with Gasteiger partial charge in [0.25, 0.3) is 5.79 Å². The second kappa shape index (κ2) is 14.6. The van der Waals surface area contributed by atoms with Crippen LogP contribution in [0.1, 0.15) is 13.3 Å². The van der Waals surface area contributed by atoms with Gasteiger partial charge in [-0.25, -0.2) is 4.79 Å². The summed E-state index contributed by atoms with van der Waals surface area (Å²) in [7, 11) is 0. The molecule has 1 amide bonds. The molecule has 250 valence electrons.